The van der Waals surface area contributed by atoms with Gasteiger partial charge >= 0.3 is 88.7 Å². The third-order valence-electron chi connectivity index (χ3n) is 0.740. The van der Waals surface area contributed by atoms with Crippen LogP contribution < -0.4 is 104 Å². The minimum absolute atomic E-state index is 0. The van der Waals surface area contributed by atoms with Gasteiger partial charge in [0.2, 0.25) is 0 Å². The smallest absolute Gasteiger partial charge is 0.799 e. The summed E-state index contributed by atoms with van der Waals surface area (Å²) in [5.41, 5.74) is 0. The van der Waals surface area contributed by atoms with Gasteiger partial charge in [-0.25, -0.2) is 0 Å². The first-order valence-electron chi connectivity index (χ1n) is 2.52. The average molecular weight is 248 g/mol. The topological polar surface area (TPSA) is 120 Å². The van der Waals surface area contributed by atoms with Crippen LogP contribution in [0.25, 0.3) is 0 Å². The van der Waals surface area contributed by atoms with E-state index in [2.05, 4.69) is 0 Å². The Morgan fingerprint density at radius 3 is 1.29 bits per heavy atom. The maximum absolute atomic E-state index is 10.4. The Morgan fingerprint density at radius 1 is 0.929 bits per heavy atom. The Hall–Kier alpha value is 2.13. The number of rotatable bonds is 4. The van der Waals surface area contributed by atoms with Crippen LogP contribution >= 0.6 is 7.37 Å². The second-order valence-electron chi connectivity index (χ2n) is 1.87. The molecule has 0 fully saturated rings. The summed E-state index contributed by atoms with van der Waals surface area (Å²) in [4.78, 5) is 29.8. The van der Waals surface area contributed by atoms with E-state index in [4.69, 9.17) is 0 Å². The van der Waals surface area contributed by atoms with E-state index >= 15 is 0 Å². The molecule has 0 aromatic carbocycles. The molecule has 10 heteroatoms. The number of carboxylic acid groups (broad SMARTS) is 2. The molecule has 0 atom stereocenters. The van der Waals surface area contributed by atoms with Crippen molar-refractivity contribution in [3.63, 3.8) is 0 Å². The van der Waals surface area contributed by atoms with E-state index in [1.165, 1.54) is 0 Å². The SMILES string of the molecule is O=C([O-])CP(=O)([O-])CC(=O)[O-].[Na+].[Na+].[Na+]. The molecule has 0 N–H and O–H groups in total. The molecular weight excluding hydrogens is 244 g/mol. The first-order chi connectivity index (χ1) is 4.83. The van der Waals surface area contributed by atoms with Gasteiger partial charge < -0.3 is 29.3 Å². The summed E-state index contributed by atoms with van der Waals surface area (Å²) in [6.07, 6.45) is -2.53. The van der Waals surface area contributed by atoms with Gasteiger partial charge in [0.15, 0.2) is 0 Å². The van der Waals surface area contributed by atoms with E-state index in [1.54, 1.807) is 0 Å². The van der Waals surface area contributed by atoms with Crippen LogP contribution in [0, 0.1) is 0 Å². The number of hydrogen-bond acceptors (Lipinski definition) is 6. The van der Waals surface area contributed by atoms with Gasteiger partial charge in [-0.15, -0.1) is 0 Å². The summed E-state index contributed by atoms with van der Waals surface area (Å²) < 4.78 is 10.4. The molecule has 0 bridgehead atoms. The van der Waals surface area contributed by atoms with Crippen molar-refractivity contribution in [2.45, 2.75) is 0 Å². The molecule has 0 rings (SSSR count). The monoisotopic (exact) mass is 248 g/mol. The molecule has 0 saturated carbocycles. The molecule has 0 unspecified atom stereocenters. The maximum atomic E-state index is 10.4. The van der Waals surface area contributed by atoms with Crippen molar-refractivity contribution < 1.29 is 118 Å². The van der Waals surface area contributed by atoms with Crippen LogP contribution in [-0.4, -0.2) is 24.3 Å². The molecule has 0 aliphatic rings. The Balaban J connectivity index is -0.000000167. The summed E-state index contributed by atoms with van der Waals surface area (Å²) in [7, 11) is -4.38. The van der Waals surface area contributed by atoms with E-state index in [-0.39, 0.29) is 88.7 Å². The number of aliphatic carboxylic acids is 2. The fourth-order valence-electron chi connectivity index (χ4n) is 0.449. The number of hydrogen-bond donors (Lipinski definition) is 0. The number of carboxylic acids is 2. The third kappa shape index (κ3) is 16.6. The maximum Gasteiger partial charge on any atom is 1.00 e. The first kappa shape index (κ1) is 25.1. The third-order valence-corrected chi connectivity index (χ3v) is 2.22. The second kappa shape index (κ2) is 11.6. The molecule has 0 aliphatic carbocycles. The zero-order valence-corrected chi connectivity index (χ0v) is 15.2. The van der Waals surface area contributed by atoms with Crippen molar-refractivity contribution in [2.24, 2.45) is 0 Å². The van der Waals surface area contributed by atoms with Crippen LogP contribution in [-0.2, 0) is 14.2 Å². The first-order valence-corrected chi connectivity index (χ1v) is 4.52. The molecule has 0 amide bonds. The molecule has 64 valence electrons. The van der Waals surface area contributed by atoms with Gasteiger partial charge in [-0.05, 0) is 0 Å². The number of carbonyl (C=O) groups excluding carboxylic acids is 2. The summed E-state index contributed by atoms with van der Waals surface area (Å²) in [6.45, 7) is 0. The van der Waals surface area contributed by atoms with Crippen LogP contribution in [0.1, 0.15) is 0 Å². The van der Waals surface area contributed by atoms with Gasteiger partial charge in [0.05, 0.1) is 0 Å². The Bertz CT molecular complexity index is 211. The minimum Gasteiger partial charge on any atom is -0.799 e. The molecule has 14 heavy (non-hydrogen) atoms. The van der Waals surface area contributed by atoms with Crippen LogP contribution in [0.15, 0.2) is 0 Å². The van der Waals surface area contributed by atoms with Crippen molar-refractivity contribution in [1.82, 2.24) is 0 Å². The predicted molar refractivity (Wildman–Crippen MR) is 27.4 cm³/mol. The van der Waals surface area contributed by atoms with Crippen LogP contribution in [0.5, 0.6) is 0 Å². The summed E-state index contributed by atoms with van der Waals surface area (Å²) in [5, 5.41) is 19.4. The normalized spacial score (nSPS) is 8.64. The second-order valence-corrected chi connectivity index (χ2v) is 4.14. The van der Waals surface area contributed by atoms with E-state index in [0.29, 0.717) is 0 Å². The quantitative estimate of drug-likeness (QED) is 0.359. The van der Waals surface area contributed by atoms with Gasteiger partial charge in [0, 0.05) is 31.6 Å². The molecule has 6 nitrogen and oxygen atoms in total. The van der Waals surface area contributed by atoms with Crippen molar-refractivity contribution in [2.75, 3.05) is 12.3 Å². The van der Waals surface area contributed by atoms with Crippen molar-refractivity contribution in [1.29, 1.82) is 0 Å². The Morgan fingerprint density at radius 2 is 1.14 bits per heavy atom. The standard InChI is InChI=1S/C4H7O6P.3Na/c5-3(6)1-11(9,10)2-4(7)8;;;/h1-2H2,(H,5,6)(H,7,8)(H,9,10);;;/q;3*+1/p-3. The minimum atomic E-state index is -4.38. The summed E-state index contributed by atoms with van der Waals surface area (Å²) in [5.74, 6) is -3.63. The fourth-order valence-corrected chi connectivity index (χ4v) is 1.35. The summed E-state index contributed by atoms with van der Waals surface area (Å²) in [6, 6.07) is 0. The van der Waals surface area contributed by atoms with Gasteiger partial charge in [0.1, 0.15) is 0 Å². The Kier molecular flexibility index (Phi) is 20.8. The molecule has 0 aliphatic heterocycles. The van der Waals surface area contributed by atoms with E-state index < -0.39 is 31.6 Å². The van der Waals surface area contributed by atoms with Gasteiger partial charge in [0.25, 0.3) is 0 Å². The fraction of sp³-hybridized carbons (Fsp3) is 0.500. The zero-order chi connectivity index (χ0) is 9.07. The van der Waals surface area contributed by atoms with Crippen molar-refractivity contribution >= 4 is 19.3 Å². The molecule has 0 aromatic heterocycles. The average Bonchev–Trinajstić information content (AvgIpc) is 1.53. The molecule has 0 radical (unpaired) electrons. The van der Waals surface area contributed by atoms with Crippen LogP contribution in [0.4, 0.5) is 0 Å². The predicted octanol–water partition coefficient (Wildman–Crippen LogP) is -12.9. The van der Waals surface area contributed by atoms with E-state index in [0.717, 1.165) is 0 Å². The largest absolute Gasteiger partial charge is 1.00 e. The molecule has 0 aromatic rings. The van der Waals surface area contributed by atoms with E-state index in [1.807, 2.05) is 0 Å². The van der Waals surface area contributed by atoms with Crippen molar-refractivity contribution in [3.8, 4) is 0 Å². The van der Waals surface area contributed by atoms with Gasteiger partial charge in [-0.2, -0.15) is 0 Å². The number of carbonyl (C=O) groups is 2. The molecule has 0 saturated heterocycles. The molecular formula is C4H4Na3O6P. The van der Waals surface area contributed by atoms with Crippen molar-refractivity contribution in [3.05, 3.63) is 0 Å². The molecule has 0 heterocycles. The zero-order valence-electron chi connectivity index (χ0n) is 8.31. The van der Waals surface area contributed by atoms with Gasteiger partial charge in [-0.3, -0.25) is 0 Å². The van der Waals surface area contributed by atoms with Crippen LogP contribution in [0.3, 0.4) is 0 Å². The van der Waals surface area contributed by atoms with Crippen LogP contribution in [0.2, 0.25) is 0 Å². The molecule has 0 spiro atoms. The van der Waals surface area contributed by atoms with E-state index in [9.17, 15) is 29.3 Å². The summed E-state index contributed by atoms with van der Waals surface area (Å²) >= 11 is 0. The van der Waals surface area contributed by atoms with Gasteiger partial charge in [-0.1, -0.05) is 0 Å². The Labute approximate surface area is 147 Å².